The van der Waals surface area contributed by atoms with E-state index in [4.69, 9.17) is 18.9 Å². The predicted octanol–water partition coefficient (Wildman–Crippen LogP) is 3.16. The molecule has 1 heterocycles. The lowest BCUT2D eigenvalue weighted by Crippen LogP contribution is -2.49. The van der Waals surface area contributed by atoms with Gasteiger partial charge in [0, 0.05) is 17.6 Å². The zero-order chi connectivity index (χ0) is 27.9. The maximum atomic E-state index is 13.3. The Hall–Kier alpha value is -3.04. The van der Waals surface area contributed by atoms with Crippen LogP contribution in [0.25, 0.3) is 0 Å². The lowest BCUT2D eigenvalue weighted by molar-refractivity contribution is -0.163. The molecule has 0 aromatic heterocycles. The van der Waals surface area contributed by atoms with Gasteiger partial charge < -0.3 is 24.1 Å². The first-order valence-corrected chi connectivity index (χ1v) is 12.5. The molecule has 1 N–H and O–H groups in total. The quantitative estimate of drug-likeness (QED) is 0.212. The summed E-state index contributed by atoms with van der Waals surface area (Å²) in [6, 6.07) is 0. The molecular weight excluding hydrogens is 480 g/mol. The zero-order valence-electron chi connectivity index (χ0n) is 22.3. The molecule has 0 bridgehead atoms. The lowest BCUT2D eigenvalue weighted by atomic mass is 9.80. The van der Waals surface area contributed by atoms with Gasteiger partial charge in [-0.2, -0.15) is 0 Å². The highest BCUT2D eigenvalue weighted by atomic mass is 16.6. The number of aliphatic hydroxyl groups is 1. The van der Waals surface area contributed by atoms with Gasteiger partial charge >= 0.3 is 17.9 Å². The minimum absolute atomic E-state index is 0.0369. The number of carbonyl (C=O) groups is 4. The van der Waals surface area contributed by atoms with Crippen molar-refractivity contribution >= 4 is 23.7 Å². The molecule has 2 rings (SSSR count). The molecule has 1 aliphatic heterocycles. The molecule has 2 aliphatic rings. The molecule has 0 aromatic carbocycles. The SMILES string of the molecule is C=C1CCC=C(C(=O)OC)C(OCC(C)CC)C(OC(=O)C(=CC)CC(C)=O)C2C(=C)C(=O)OC2C1O. The van der Waals surface area contributed by atoms with Gasteiger partial charge in [-0.05, 0) is 38.2 Å². The molecule has 0 spiro atoms. The highest BCUT2D eigenvalue weighted by molar-refractivity contribution is 5.96. The van der Waals surface area contributed by atoms with E-state index in [-0.39, 0.29) is 41.4 Å². The van der Waals surface area contributed by atoms with Gasteiger partial charge in [0.25, 0.3) is 0 Å². The predicted molar refractivity (Wildman–Crippen MR) is 135 cm³/mol. The van der Waals surface area contributed by atoms with E-state index in [2.05, 4.69) is 13.2 Å². The molecular formula is C28H38O9. The molecule has 204 valence electrons. The molecule has 0 amide bonds. The Morgan fingerprint density at radius 2 is 1.97 bits per heavy atom. The van der Waals surface area contributed by atoms with Crippen molar-refractivity contribution in [2.75, 3.05) is 13.7 Å². The van der Waals surface area contributed by atoms with Gasteiger partial charge in [0.05, 0.1) is 25.2 Å². The Bertz CT molecular complexity index is 990. The van der Waals surface area contributed by atoms with Crippen molar-refractivity contribution in [1.29, 1.82) is 0 Å². The van der Waals surface area contributed by atoms with Crippen molar-refractivity contribution in [3.8, 4) is 0 Å². The number of fused-ring (bicyclic) bond motifs is 1. The van der Waals surface area contributed by atoms with Gasteiger partial charge in [-0.1, -0.05) is 45.6 Å². The molecule has 1 aliphatic carbocycles. The van der Waals surface area contributed by atoms with E-state index >= 15 is 0 Å². The number of methoxy groups -OCH3 is 1. The van der Waals surface area contributed by atoms with Crippen molar-refractivity contribution in [1.82, 2.24) is 0 Å². The third-order valence-corrected chi connectivity index (χ3v) is 6.75. The molecule has 6 unspecified atom stereocenters. The number of ketones is 1. The Balaban J connectivity index is 2.72. The van der Waals surface area contributed by atoms with Crippen LogP contribution in [0.4, 0.5) is 0 Å². The van der Waals surface area contributed by atoms with E-state index in [0.29, 0.717) is 18.4 Å². The summed E-state index contributed by atoms with van der Waals surface area (Å²) in [7, 11) is 1.23. The van der Waals surface area contributed by atoms with E-state index in [1.165, 1.54) is 20.1 Å². The number of hydrogen-bond acceptors (Lipinski definition) is 9. The van der Waals surface area contributed by atoms with E-state index in [9.17, 15) is 24.3 Å². The molecule has 1 fully saturated rings. The van der Waals surface area contributed by atoms with Crippen LogP contribution in [-0.2, 0) is 38.1 Å². The van der Waals surface area contributed by atoms with E-state index in [1.807, 2.05) is 13.8 Å². The summed E-state index contributed by atoms with van der Waals surface area (Å²) in [5.41, 5.74) is 0.552. The number of hydrogen-bond donors (Lipinski definition) is 1. The second kappa shape index (κ2) is 13.5. The fourth-order valence-corrected chi connectivity index (χ4v) is 4.31. The van der Waals surface area contributed by atoms with Gasteiger partial charge in [0.15, 0.2) is 0 Å². The van der Waals surface area contributed by atoms with Crippen LogP contribution in [0.5, 0.6) is 0 Å². The summed E-state index contributed by atoms with van der Waals surface area (Å²) in [6.07, 6.45) is -0.603. The minimum atomic E-state index is -1.31. The highest BCUT2D eigenvalue weighted by Crippen LogP contribution is 2.40. The summed E-state index contributed by atoms with van der Waals surface area (Å²) in [6.45, 7) is 14.9. The summed E-state index contributed by atoms with van der Waals surface area (Å²) in [5.74, 6) is -3.48. The van der Waals surface area contributed by atoms with Gasteiger partial charge in [-0.3, -0.25) is 4.79 Å². The van der Waals surface area contributed by atoms with Gasteiger partial charge in [-0.15, -0.1) is 0 Å². The number of allylic oxidation sites excluding steroid dienone is 2. The van der Waals surface area contributed by atoms with Crippen LogP contribution in [0.15, 0.2) is 47.6 Å². The largest absolute Gasteiger partial charge is 0.466 e. The highest BCUT2D eigenvalue weighted by Gasteiger charge is 2.53. The lowest BCUT2D eigenvalue weighted by Gasteiger charge is -2.36. The molecule has 0 aromatic rings. The smallest absolute Gasteiger partial charge is 0.336 e. The van der Waals surface area contributed by atoms with Crippen LogP contribution in [0.3, 0.4) is 0 Å². The Labute approximate surface area is 218 Å². The van der Waals surface area contributed by atoms with Gasteiger partial charge in [0.1, 0.15) is 30.2 Å². The molecule has 9 nitrogen and oxygen atoms in total. The number of carbonyl (C=O) groups excluding carboxylic acids is 4. The monoisotopic (exact) mass is 518 g/mol. The summed E-state index contributed by atoms with van der Waals surface area (Å²) in [4.78, 5) is 50.6. The van der Waals surface area contributed by atoms with Crippen molar-refractivity contribution in [2.45, 2.75) is 77.8 Å². The van der Waals surface area contributed by atoms with E-state index in [0.717, 1.165) is 6.42 Å². The third-order valence-electron chi connectivity index (χ3n) is 6.75. The first-order chi connectivity index (χ1) is 17.5. The molecule has 0 radical (unpaired) electrons. The van der Waals surface area contributed by atoms with Crippen molar-refractivity contribution in [3.05, 3.63) is 47.6 Å². The Kier molecular flexibility index (Phi) is 11.0. The average molecular weight is 519 g/mol. The van der Waals surface area contributed by atoms with Crippen LogP contribution in [-0.4, -0.2) is 66.9 Å². The molecule has 1 saturated heterocycles. The second-order valence-corrected chi connectivity index (χ2v) is 9.54. The summed E-state index contributed by atoms with van der Waals surface area (Å²) in [5, 5.41) is 11.0. The number of Topliss-reactive ketones (excluding diaryl/α,β-unsaturated/α-hetero) is 1. The fourth-order valence-electron chi connectivity index (χ4n) is 4.31. The van der Waals surface area contributed by atoms with Crippen LogP contribution in [0.2, 0.25) is 0 Å². The number of aliphatic hydroxyl groups excluding tert-OH is 1. The summed E-state index contributed by atoms with van der Waals surface area (Å²) < 4.78 is 22.6. The van der Waals surface area contributed by atoms with Crippen molar-refractivity contribution in [2.24, 2.45) is 11.8 Å². The van der Waals surface area contributed by atoms with Crippen molar-refractivity contribution < 1.29 is 43.2 Å². The van der Waals surface area contributed by atoms with E-state index < -0.39 is 48.2 Å². The van der Waals surface area contributed by atoms with Crippen LogP contribution >= 0.6 is 0 Å². The fraction of sp³-hybridized carbons (Fsp3) is 0.571. The molecule has 0 saturated carbocycles. The topological polar surface area (TPSA) is 125 Å². The first kappa shape index (κ1) is 30.2. The second-order valence-electron chi connectivity index (χ2n) is 9.54. The molecule has 6 atom stereocenters. The minimum Gasteiger partial charge on any atom is -0.466 e. The van der Waals surface area contributed by atoms with Gasteiger partial charge in [-0.25, -0.2) is 14.4 Å². The summed E-state index contributed by atoms with van der Waals surface area (Å²) >= 11 is 0. The Morgan fingerprint density at radius 3 is 2.54 bits per heavy atom. The van der Waals surface area contributed by atoms with Crippen molar-refractivity contribution in [3.63, 3.8) is 0 Å². The first-order valence-electron chi connectivity index (χ1n) is 12.5. The number of esters is 3. The van der Waals surface area contributed by atoms with Crippen LogP contribution in [0, 0.1) is 11.8 Å². The standard InChI is InChI=1S/C28H38O9/c1-8-15(3)14-35-23-20(28(33)34-7)12-10-11-16(4)22(30)24-21(18(6)26(31)36-24)25(23)37-27(32)19(9-2)13-17(5)29/h9,12,15,21-25,30H,4,6,8,10-11,13-14H2,1-3,5,7H3. The zero-order valence-corrected chi connectivity index (χ0v) is 22.3. The third kappa shape index (κ3) is 7.26. The number of rotatable bonds is 9. The van der Waals surface area contributed by atoms with E-state index in [1.54, 1.807) is 13.0 Å². The maximum Gasteiger partial charge on any atom is 0.336 e. The molecule has 37 heavy (non-hydrogen) atoms. The van der Waals surface area contributed by atoms with Crippen LogP contribution < -0.4 is 0 Å². The van der Waals surface area contributed by atoms with Gasteiger partial charge in [0.2, 0.25) is 0 Å². The normalized spacial score (nSPS) is 27.5. The molecule has 9 heteroatoms. The van der Waals surface area contributed by atoms with Crippen LogP contribution in [0.1, 0.15) is 53.4 Å². The average Bonchev–Trinajstić information content (AvgIpc) is 3.16. The number of ether oxygens (including phenoxy) is 4. The maximum absolute atomic E-state index is 13.3. The Morgan fingerprint density at radius 1 is 1.30 bits per heavy atom.